The molecule has 1 fully saturated rings. The van der Waals surface area contributed by atoms with Gasteiger partial charge in [0.25, 0.3) is 0 Å². The van der Waals surface area contributed by atoms with E-state index in [0.29, 0.717) is 0 Å². The van der Waals surface area contributed by atoms with Gasteiger partial charge in [-0.1, -0.05) is 54.5 Å². The molecule has 0 amide bonds. The highest BCUT2D eigenvalue weighted by molar-refractivity contribution is 8.00. The Hall–Kier alpha value is -2.83. The third kappa shape index (κ3) is 4.13. The lowest BCUT2D eigenvalue weighted by Crippen LogP contribution is -2.00. The third-order valence-corrected chi connectivity index (χ3v) is 6.03. The molecule has 0 N–H and O–H groups in total. The van der Waals surface area contributed by atoms with Crippen LogP contribution in [0.5, 0.6) is 0 Å². The zero-order valence-corrected chi connectivity index (χ0v) is 15.3. The van der Waals surface area contributed by atoms with Gasteiger partial charge in [-0.3, -0.25) is 4.79 Å². The van der Waals surface area contributed by atoms with E-state index in [1.54, 1.807) is 23.9 Å². The van der Waals surface area contributed by atoms with Crippen molar-refractivity contribution < 1.29 is 9.18 Å². The molecule has 3 aromatic carbocycles. The zero-order valence-electron chi connectivity index (χ0n) is 14.5. The maximum absolute atomic E-state index is 13.3. The quantitative estimate of drug-likeness (QED) is 0.577. The van der Waals surface area contributed by atoms with Crippen molar-refractivity contribution in [1.82, 2.24) is 0 Å². The summed E-state index contributed by atoms with van der Waals surface area (Å²) in [6, 6.07) is 26.0. The van der Waals surface area contributed by atoms with Gasteiger partial charge in [0, 0.05) is 21.6 Å². The van der Waals surface area contributed by atoms with Gasteiger partial charge in [0.05, 0.1) is 5.92 Å². The zero-order chi connectivity index (χ0) is 18.6. The summed E-state index contributed by atoms with van der Waals surface area (Å²) in [5.41, 5.74) is 1.82. The Kier molecular flexibility index (Phi) is 5.09. The third-order valence-electron chi connectivity index (χ3n) is 4.63. The number of hydrogen-bond donors (Lipinski definition) is 0. The number of thioether (sulfide) groups is 1. The van der Waals surface area contributed by atoms with E-state index in [-0.39, 0.29) is 28.7 Å². The Balaban J connectivity index is 1.57. The van der Waals surface area contributed by atoms with Crippen LogP contribution in [-0.2, 0) is 4.79 Å². The molecule has 1 saturated carbocycles. The fraction of sp³-hybridized carbons (Fsp3) is 0.125. The molecule has 0 bridgehead atoms. The van der Waals surface area contributed by atoms with Gasteiger partial charge in [0.2, 0.25) is 5.78 Å². The fourth-order valence-corrected chi connectivity index (χ4v) is 4.67. The summed E-state index contributed by atoms with van der Waals surface area (Å²) in [5, 5.41) is 0.121. The van der Waals surface area contributed by atoms with Gasteiger partial charge in [-0.25, -0.2) is 4.39 Å². The molecule has 1 aliphatic carbocycles. The van der Waals surface area contributed by atoms with Gasteiger partial charge in [-0.05, 0) is 47.9 Å². The van der Waals surface area contributed by atoms with Crippen molar-refractivity contribution in [3.8, 4) is 11.8 Å². The molecule has 0 unspecified atom stereocenters. The predicted molar refractivity (Wildman–Crippen MR) is 107 cm³/mol. The molecule has 3 aromatic rings. The van der Waals surface area contributed by atoms with Crippen molar-refractivity contribution in [3.63, 3.8) is 0 Å². The van der Waals surface area contributed by atoms with Gasteiger partial charge in [0.15, 0.2) is 0 Å². The van der Waals surface area contributed by atoms with E-state index in [9.17, 15) is 9.18 Å². The van der Waals surface area contributed by atoms with Crippen molar-refractivity contribution in [2.24, 2.45) is 5.92 Å². The van der Waals surface area contributed by atoms with Crippen LogP contribution < -0.4 is 0 Å². The highest BCUT2D eigenvalue weighted by Gasteiger charge is 2.55. The Morgan fingerprint density at radius 1 is 0.852 bits per heavy atom. The Morgan fingerprint density at radius 2 is 1.48 bits per heavy atom. The van der Waals surface area contributed by atoms with E-state index in [1.807, 2.05) is 60.7 Å². The van der Waals surface area contributed by atoms with Crippen LogP contribution in [0.15, 0.2) is 89.8 Å². The molecule has 27 heavy (non-hydrogen) atoms. The molecule has 3 atom stereocenters. The van der Waals surface area contributed by atoms with Crippen LogP contribution in [0.3, 0.4) is 0 Å². The van der Waals surface area contributed by atoms with Gasteiger partial charge in [0.1, 0.15) is 5.82 Å². The van der Waals surface area contributed by atoms with Crippen LogP contribution in [0.4, 0.5) is 4.39 Å². The number of rotatable bonds is 4. The second-order valence-corrected chi connectivity index (χ2v) is 7.73. The Labute approximate surface area is 162 Å². The number of hydrogen-bond acceptors (Lipinski definition) is 2. The van der Waals surface area contributed by atoms with E-state index in [4.69, 9.17) is 0 Å². The lowest BCUT2D eigenvalue weighted by Gasteiger charge is -2.01. The fourth-order valence-electron chi connectivity index (χ4n) is 3.22. The molecule has 132 valence electrons. The summed E-state index contributed by atoms with van der Waals surface area (Å²) in [4.78, 5) is 13.9. The highest BCUT2D eigenvalue weighted by Crippen LogP contribution is 2.57. The van der Waals surface area contributed by atoms with Crippen LogP contribution in [-0.4, -0.2) is 11.0 Å². The van der Waals surface area contributed by atoms with Crippen molar-refractivity contribution in [2.45, 2.75) is 16.1 Å². The van der Waals surface area contributed by atoms with Crippen molar-refractivity contribution in [3.05, 3.63) is 102 Å². The molecule has 1 aliphatic rings. The summed E-state index contributed by atoms with van der Waals surface area (Å²) >= 11 is 1.69. The maximum Gasteiger partial charge on any atom is 0.210 e. The number of benzene rings is 3. The molecule has 4 rings (SSSR count). The second-order valence-electron chi connectivity index (χ2n) is 6.48. The van der Waals surface area contributed by atoms with E-state index in [0.717, 1.165) is 16.0 Å². The molecule has 0 spiro atoms. The van der Waals surface area contributed by atoms with E-state index < -0.39 is 0 Å². The van der Waals surface area contributed by atoms with Crippen molar-refractivity contribution >= 4 is 17.5 Å². The minimum Gasteiger partial charge on any atom is -0.285 e. The Morgan fingerprint density at radius 3 is 2.15 bits per heavy atom. The van der Waals surface area contributed by atoms with Gasteiger partial charge < -0.3 is 0 Å². The topological polar surface area (TPSA) is 17.1 Å². The molecule has 1 nitrogen and oxygen atoms in total. The first-order valence-electron chi connectivity index (χ1n) is 8.80. The monoisotopic (exact) mass is 372 g/mol. The van der Waals surface area contributed by atoms with Gasteiger partial charge >= 0.3 is 0 Å². The normalized spacial score (nSPS) is 20.4. The van der Waals surface area contributed by atoms with Crippen LogP contribution in [0.25, 0.3) is 0 Å². The first-order chi connectivity index (χ1) is 13.2. The van der Waals surface area contributed by atoms with Crippen molar-refractivity contribution in [1.29, 1.82) is 0 Å². The molecule has 0 aromatic heterocycles. The largest absolute Gasteiger partial charge is 0.285 e. The number of Topliss-reactive ketones (excluding diaryl/α,β-unsaturated/α-hetero) is 1. The maximum atomic E-state index is 13.3. The Bertz CT molecular complexity index is 987. The molecular formula is C24H17FOS. The summed E-state index contributed by atoms with van der Waals surface area (Å²) in [7, 11) is 0. The summed E-state index contributed by atoms with van der Waals surface area (Å²) in [6.07, 6.45) is 0. The second kappa shape index (κ2) is 7.82. The van der Waals surface area contributed by atoms with E-state index in [2.05, 4.69) is 11.8 Å². The number of ketones is 1. The molecule has 0 heterocycles. The summed E-state index contributed by atoms with van der Waals surface area (Å²) in [5.74, 6) is 5.35. The van der Waals surface area contributed by atoms with E-state index >= 15 is 0 Å². The predicted octanol–water partition coefficient (Wildman–Crippen LogP) is 5.32. The SMILES string of the molecule is O=C(C#Cc1ccccc1)[C@H]1[C@H](Sc2ccccc2)[C@@H]1c1ccc(F)cc1. The summed E-state index contributed by atoms with van der Waals surface area (Å²) in [6.45, 7) is 0. The highest BCUT2D eigenvalue weighted by atomic mass is 32.2. The summed E-state index contributed by atoms with van der Waals surface area (Å²) < 4.78 is 13.3. The molecular weight excluding hydrogens is 355 g/mol. The van der Waals surface area contributed by atoms with Crippen LogP contribution in [0.2, 0.25) is 0 Å². The smallest absolute Gasteiger partial charge is 0.210 e. The average Bonchev–Trinajstić information content (AvgIpc) is 3.42. The van der Waals surface area contributed by atoms with Crippen LogP contribution in [0.1, 0.15) is 17.0 Å². The standard InChI is InChI=1S/C24H17FOS/c25-19-14-12-18(13-15-19)22-23(24(22)27-20-9-5-2-6-10-20)21(26)16-11-17-7-3-1-4-8-17/h1-10,12-15,22-24H/t22-,23-,24-/m1/s1. The molecule has 0 saturated heterocycles. The number of carbonyl (C=O) groups excluding carboxylic acids is 1. The van der Waals surface area contributed by atoms with Gasteiger partial charge in [-0.15, -0.1) is 11.8 Å². The van der Waals surface area contributed by atoms with Crippen molar-refractivity contribution in [2.75, 3.05) is 0 Å². The van der Waals surface area contributed by atoms with Crippen LogP contribution >= 0.6 is 11.8 Å². The first kappa shape index (κ1) is 17.6. The van der Waals surface area contributed by atoms with Crippen LogP contribution in [0, 0.1) is 23.6 Å². The van der Waals surface area contributed by atoms with Gasteiger partial charge in [-0.2, -0.15) is 0 Å². The lowest BCUT2D eigenvalue weighted by molar-refractivity contribution is -0.114. The van der Waals surface area contributed by atoms with E-state index in [1.165, 1.54) is 12.1 Å². The molecule has 0 aliphatic heterocycles. The lowest BCUT2D eigenvalue weighted by atomic mass is 10.1. The minimum absolute atomic E-state index is 0.0541. The number of halogens is 1. The minimum atomic E-state index is -0.265. The average molecular weight is 372 g/mol. The molecule has 3 heteroatoms. The number of carbonyl (C=O) groups is 1. The molecule has 0 radical (unpaired) electrons. The first-order valence-corrected chi connectivity index (χ1v) is 9.68.